The first-order valence-electron chi connectivity index (χ1n) is 5.92. The average molecular weight is 264 g/mol. The molecule has 0 unspecified atom stereocenters. The molecule has 0 atom stereocenters. The Morgan fingerprint density at radius 2 is 2.22 bits per heavy atom. The van der Waals surface area contributed by atoms with Crippen molar-refractivity contribution < 1.29 is 9.21 Å². The molecule has 1 aromatic heterocycles. The molecule has 1 saturated heterocycles. The van der Waals surface area contributed by atoms with Gasteiger partial charge in [-0.15, -0.1) is 11.8 Å². The number of aryl methyl sites for hydroxylation is 1. The van der Waals surface area contributed by atoms with E-state index in [2.05, 4.69) is 6.07 Å². The first-order chi connectivity index (χ1) is 8.62. The Balaban J connectivity index is 2.05. The van der Waals surface area contributed by atoms with Gasteiger partial charge in [-0.2, -0.15) is 5.26 Å². The van der Waals surface area contributed by atoms with E-state index >= 15 is 0 Å². The van der Waals surface area contributed by atoms with Gasteiger partial charge in [-0.1, -0.05) is 0 Å². The van der Waals surface area contributed by atoms with Gasteiger partial charge >= 0.3 is 0 Å². The maximum absolute atomic E-state index is 12.2. The molecule has 0 radical (unpaired) electrons. The fraction of sp³-hybridized carbons (Fsp3) is 0.538. The molecule has 0 spiro atoms. The minimum Gasteiger partial charge on any atom is -0.469 e. The van der Waals surface area contributed by atoms with E-state index in [1.165, 1.54) is 6.26 Å². The van der Waals surface area contributed by atoms with Crippen molar-refractivity contribution >= 4 is 17.7 Å². The summed E-state index contributed by atoms with van der Waals surface area (Å²) in [7, 11) is 0. The lowest BCUT2D eigenvalue weighted by atomic mass is 9.97. The highest BCUT2D eigenvalue weighted by atomic mass is 32.2. The number of hydrogen-bond donors (Lipinski definition) is 0. The van der Waals surface area contributed by atoms with Crippen molar-refractivity contribution in [2.45, 2.75) is 24.5 Å². The van der Waals surface area contributed by atoms with E-state index in [4.69, 9.17) is 4.42 Å². The van der Waals surface area contributed by atoms with Gasteiger partial charge in [0.25, 0.3) is 5.91 Å². The van der Waals surface area contributed by atoms with Gasteiger partial charge in [-0.25, -0.2) is 0 Å². The number of nitrogens with zero attached hydrogens (tertiary/aromatic N) is 2. The van der Waals surface area contributed by atoms with Crippen LogP contribution >= 0.6 is 11.8 Å². The third-order valence-electron chi connectivity index (χ3n) is 3.54. The summed E-state index contributed by atoms with van der Waals surface area (Å²) in [6.07, 6.45) is 4.95. The van der Waals surface area contributed by atoms with Gasteiger partial charge in [-0.3, -0.25) is 4.79 Å². The Kier molecular flexibility index (Phi) is 3.67. The Bertz CT molecular complexity index is 481. The van der Waals surface area contributed by atoms with Crippen molar-refractivity contribution in [1.29, 1.82) is 5.26 Å². The van der Waals surface area contributed by atoms with Crippen LogP contribution in [-0.4, -0.2) is 34.9 Å². The van der Waals surface area contributed by atoms with Crippen molar-refractivity contribution in [1.82, 2.24) is 4.90 Å². The van der Waals surface area contributed by atoms with E-state index in [1.807, 2.05) is 11.2 Å². The standard InChI is InChI=1S/C13H16N2O2S/c1-10-11(3-8-17-10)12(16)15-6-4-13(9-14,18-2)5-7-15/h3,8H,4-7H2,1-2H3. The molecule has 1 fully saturated rings. The molecule has 0 aromatic carbocycles. The summed E-state index contributed by atoms with van der Waals surface area (Å²) in [4.78, 5) is 14.1. The predicted molar refractivity (Wildman–Crippen MR) is 70.4 cm³/mol. The zero-order valence-electron chi connectivity index (χ0n) is 10.6. The van der Waals surface area contributed by atoms with Crippen LogP contribution in [-0.2, 0) is 0 Å². The van der Waals surface area contributed by atoms with Crippen LogP contribution in [0, 0.1) is 18.3 Å². The fourth-order valence-corrected chi connectivity index (χ4v) is 2.89. The zero-order valence-corrected chi connectivity index (χ0v) is 11.4. The maximum atomic E-state index is 12.2. The lowest BCUT2D eigenvalue weighted by molar-refractivity contribution is 0.0715. The second-order valence-electron chi connectivity index (χ2n) is 4.49. The smallest absolute Gasteiger partial charge is 0.257 e. The van der Waals surface area contributed by atoms with E-state index in [9.17, 15) is 10.1 Å². The number of piperidine rings is 1. The van der Waals surface area contributed by atoms with Gasteiger partial charge in [0.05, 0.1) is 17.9 Å². The molecule has 0 saturated carbocycles. The van der Waals surface area contributed by atoms with E-state index in [-0.39, 0.29) is 10.7 Å². The number of furan rings is 1. The van der Waals surface area contributed by atoms with Crippen molar-refractivity contribution in [3.63, 3.8) is 0 Å². The molecular weight excluding hydrogens is 248 g/mol. The second-order valence-corrected chi connectivity index (χ2v) is 5.68. The van der Waals surface area contributed by atoms with Gasteiger partial charge in [0.15, 0.2) is 0 Å². The van der Waals surface area contributed by atoms with Crippen LogP contribution in [0.15, 0.2) is 16.7 Å². The highest BCUT2D eigenvalue weighted by molar-refractivity contribution is 8.00. The number of carbonyl (C=O) groups is 1. The molecule has 1 aliphatic rings. The van der Waals surface area contributed by atoms with Crippen LogP contribution < -0.4 is 0 Å². The number of thioether (sulfide) groups is 1. The fourth-order valence-electron chi connectivity index (χ4n) is 2.21. The van der Waals surface area contributed by atoms with Crippen LogP contribution in [0.25, 0.3) is 0 Å². The molecule has 0 aliphatic carbocycles. The number of hydrogen-bond acceptors (Lipinski definition) is 4. The monoisotopic (exact) mass is 264 g/mol. The normalized spacial score (nSPS) is 18.4. The molecule has 2 rings (SSSR count). The SMILES string of the molecule is CSC1(C#N)CCN(C(=O)c2ccoc2C)CC1. The third-order valence-corrected chi connectivity index (χ3v) is 4.82. The van der Waals surface area contributed by atoms with E-state index < -0.39 is 0 Å². The molecule has 2 heterocycles. The van der Waals surface area contributed by atoms with Gasteiger partial charge < -0.3 is 9.32 Å². The summed E-state index contributed by atoms with van der Waals surface area (Å²) in [6, 6.07) is 4.09. The summed E-state index contributed by atoms with van der Waals surface area (Å²) in [5.74, 6) is 0.663. The van der Waals surface area contributed by atoms with Crippen molar-refractivity contribution in [3.8, 4) is 6.07 Å². The van der Waals surface area contributed by atoms with Crippen LogP contribution in [0.1, 0.15) is 29.0 Å². The van der Waals surface area contributed by atoms with Gasteiger partial charge in [0.1, 0.15) is 10.5 Å². The summed E-state index contributed by atoms with van der Waals surface area (Å²) >= 11 is 1.59. The Morgan fingerprint density at radius 1 is 1.56 bits per heavy atom. The van der Waals surface area contributed by atoms with Crippen molar-refractivity contribution in [3.05, 3.63) is 23.7 Å². The van der Waals surface area contributed by atoms with Crippen molar-refractivity contribution in [2.24, 2.45) is 0 Å². The zero-order chi connectivity index (χ0) is 13.2. The van der Waals surface area contributed by atoms with Crippen LogP contribution in [0.2, 0.25) is 0 Å². The predicted octanol–water partition coefficient (Wildman–Crippen LogP) is 2.45. The van der Waals surface area contributed by atoms with E-state index in [1.54, 1.807) is 24.8 Å². The minimum atomic E-state index is -0.317. The number of carbonyl (C=O) groups excluding carboxylic acids is 1. The van der Waals surface area contributed by atoms with Gasteiger partial charge in [0, 0.05) is 13.1 Å². The molecule has 18 heavy (non-hydrogen) atoms. The second kappa shape index (κ2) is 5.07. The molecular formula is C13H16N2O2S. The van der Waals surface area contributed by atoms with E-state index in [0.29, 0.717) is 24.4 Å². The van der Waals surface area contributed by atoms with E-state index in [0.717, 1.165) is 12.8 Å². The number of likely N-dealkylation sites (tertiary alicyclic amines) is 1. The summed E-state index contributed by atoms with van der Waals surface area (Å²) in [6.45, 7) is 3.06. The average Bonchev–Trinajstić information content (AvgIpc) is 2.84. The lowest BCUT2D eigenvalue weighted by Crippen LogP contribution is -2.44. The maximum Gasteiger partial charge on any atom is 0.257 e. The van der Waals surface area contributed by atoms with Crippen LogP contribution in [0.5, 0.6) is 0 Å². The molecule has 1 amide bonds. The molecule has 5 heteroatoms. The summed E-state index contributed by atoms with van der Waals surface area (Å²) in [5, 5.41) is 9.21. The molecule has 1 aromatic rings. The Labute approximate surface area is 111 Å². The summed E-state index contributed by atoms with van der Waals surface area (Å²) in [5.41, 5.74) is 0.628. The molecule has 4 nitrogen and oxygen atoms in total. The Morgan fingerprint density at radius 3 is 2.67 bits per heavy atom. The highest BCUT2D eigenvalue weighted by Gasteiger charge is 2.36. The summed E-state index contributed by atoms with van der Waals surface area (Å²) < 4.78 is 4.84. The lowest BCUT2D eigenvalue weighted by Gasteiger charge is -2.36. The molecule has 0 bridgehead atoms. The topological polar surface area (TPSA) is 57.2 Å². The van der Waals surface area contributed by atoms with Crippen LogP contribution in [0.3, 0.4) is 0 Å². The molecule has 96 valence electrons. The van der Waals surface area contributed by atoms with Gasteiger partial charge in [0.2, 0.25) is 0 Å². The first-order valence-corrected chi connectivity index (χ1v) is 7.14. The molecule has 1 aliphatic heterocycles. The number of rotatable bonds is 2. The van der Waals surface area contributed by atoms with Crippen LogP contribution in [0.4, 0.5) is 0 Å². The quantitative estimate of drug-likeness (QED) is 0.823. The minimum absolute atomic E-state index is 0.00823. The number of nitriles is 1. The van der Waals surface area contributed by atoms with Crippen molar-refractivity contribution in [2.75, 3.05) is 19.3 Å². The molecule has 0 N–H and O–H groups in total. The Hall–Kier alpha value is -1.41. The largest absolute Gasteiger partial charge is 0.469 e. The highest BCUT2D eigenvalue weighted by Crippen LogP contribution is 2.34. The number of amides is 1. The third kappa shape index (κ3) is 2.25. The first kappa shape index (κ1) is 13.0. The van der Waals surface area contributed by atoms with Gasteiger partial charge in [-0.05, 0) is 32.1 Å².